The summed E-state index contributed by atoms with van der Waals surface area (Å²) in [4.78, 5) is 0. The van der Waals surface area contributed by atoms with Gasteiger partial charge in [0.25, 0.3) is 0 Å². The van der Waals surface area contributed by atoms with Gasteiger partial charge < -0.3 is 10.9 Å². The van der Waals surface area contributed by atoms with Crippen molar-refractivity contribution in [1.29, 1.82) is 5.26 Å². The van der Waals surface area contributed by atoms with Crippen LogP contribution in [0.2, 0.25) is 0 Å². The molecule has 0 aromatic heterocycles. The highest BCUT2D eigenvalue weighted by molar-refractivity contribution is 5.41. The van der Waals surface area contributed by atoms with E-state index in [0.717, 1.165) is 5.69 Å². The topological polar surface area (TPSA) is 47.9 Å². The fraction of sp³-hybridized carbons (Fsp3) is 0. The molecule has 0 bridgehead atoms. The van der Waals surface area contributed by atoms with E-state index in [1.165, 1.54) is 12.3 Å². The van der Waals surface area contributed by atoms with Gasteiger partial charge in [-0.1, -0.05) is 18.2 Å². The minimum absolute atomic E-state index is 0.958. The second kappa shape index (κ2) is 4.80. The van der Waals surface area contributed by atoms with Crippen molar-refractivity contribution in [2.24, 2.45) is 0 Å². The van der Waals surface area contributed by atoms with Crippen LogP contribution >= 0.6 is 0 Å². The standard InChI is InChI=1S/C9H9N3/c10-7-4-8-11-12-9-5-2-1-3-6-9/h1-6,8,11-12H/b8-4+. The number of anilines is 1. The summed E-state index contributed by atoms with van der Waals surface area (Å²) in [6.07, 6.45) is 2.89. The Morgan fingerprint density at radius 3 is 2.67 bits per heavy atom. The molecule has 1 aromatic carbocycles. The Kier molecular flexibility index (Phi) is 3.26. The molecule has 0 radical (unpaired) electrons. The summed E-state index contributed by atoms with van der Waals surface area (Å²) in [6.45, 7) is 0. The van der Waals surface area contributed by atoms with Gasteiger partial charge in [0, 0.05) is 12.3 Å². The summed E-state index contributed by atoms with van der Waals surface area (Å²) in [5.41, 5.74) is 6.60. The van der Waals surface area contributed by atoms with E-state index in [1.54, 1.807) is 0 Å². The smallest absolute Gasteiger partial charge is 0.0927 e. The molecule has 2 N–H and O–H groups in total. The maximum Gasteiger partial charge on any atom is 0.0927 e. The van der Waals surface area contributed by atoms with Gasteiger partial charge in [0.15, 0.2) is 0 Å². The van der Waals surface area contributed by atoms with Crippen molar-refractivity contribution in [2.45, 2.75) is 0 Å². The average Bonchev–Trinajstić information content (AvgIpc) is 2.14. The SMILES string of the molecule is N#C/C=C/NNc1ccccc1. The highest BCUT2D eigenvalue weighted by atomic mass is 15.3. The predicted molar refractivity (Wildman–Crippen MR) is 48.0 cm³/mol. The lowest BCUT2D eigenvalue weighted by Gasteiger charge is -2.03. The Morgan fingerprint density at radius 1 is 1.25 bits per heavy atom. The Hall–Kier alpha value is -1.95. The first-order valence-electron chi connectivity index (χ1n) is 3.54. The molecule has 3 nitrogen and oxygen atoms in total. The molecule has 0 aliphatic rings. The number of para-hydroxylation sites is 1. The molecule has 1 aromatic rings. The van der Waals surface area contributed by atoms with Gasteiger partial charge in [-0.05, 0) is 12.1 Å². The first-order chi connectivity index (χ1) is 5.93. The van der Waals surface area contributed by atoms with E-state index in [1.807, 2.05) is 36.4 Å². The molecular weight excluding hydrogens is 150 g/mol. The molecule has 1 rings (SSSR count). The summed E-state index contributed by atoms with van der Waals surface area (Å²) in [5.74, 6) is 0. The van der Waals surface area contributed by atoms with Gasteiger partial charge in [-0.25, -0.2) is 0 Å². The normalized spacial score (nSPS) is 9.25. The number of nitrogens with zero attached hydrogens (tertiary/aromatic N) is 1. The highest BCUT2D eigenvalue weighted by Crippen LogP contribution is 2.01. The van der Waals surface area contributed by atoms with Gasteiger partial charge in [-0.3, -0.25) is 0 Å². The average molecular weight is 159 g/mol. The van der Waals surface area contributed by atoms with Gasteiger partial charge in [-0.2, -0.15) is 5.26 Å². The van der Waals surface area contributed by atoms with Gasteiger partial charge >= 0.3 is 0 Å². The predicted octanol–water partition coefficient (Wildman–Crippen LogP) is 1.64. The monoisotopic (exact) mass is 159 g/mol. The fourth-order valence-corrected chi connectivity index (χ4v) is 0.725. The van der Waals surface area contributed by atoms with Crippen molar-refractivity contribution < 1.29 is 0 Å². The van der Waals surface area contributed by atoms with Crippen LogP contribution < -0.4 is 10.9 Å². The second-order valence-corrected chi connectivity index (χ2v) is 2.10. The zero-order chi connectivity index (χ0) is 8.65. The molecule has 3 heteroatoms. The van der Waals surface area contributed by atoms with Crippen molar-refractivity contribution in [1.82, 2.24) is 5.43 Å². The molecule has 0 saturated carbocycles. The fourth-order valence-electron chi connectivity index (χ4n) is 0.725. The number of nitriles is 1. The first kappa shape index (κ1) is 8.15. The summed E-state index contributed by atoms with van der Waals surface area (Å²) < 4.78 is 0. The summed E-state index contributed by atoms with van der Waals surface area (Å²) in [5, 5.41) is 8.16. The molecule has 0 spiro atoms. The Labute approximate surface area is 71.3 Å². The lowest BCUT2D eigenvalue weighted by molar-refractivity contribution is 1.06. The van der Waals surface area contributed by atoms with E-state index in [9.17, 15) is 0 Å². The quantitative estimate of drug-likeness (QED) is 0.520. The molecule has 0 unspecified atom stereocenters. The van der Waals surface area contributed by atoms with E-state index in [-0.39, 0.29) is 0 Å². The Balaban J connectivity index is 2.35. The third-order valence-electron chi connectivity index (χ3n) is 1.23. The number of rotatable bonds is 3. The first-order valence-corrected chi connectivity index (χ1v) is 3.54. The van der Waals surface area contributed by atoms with E-state index in [2.05, 4.69) is 10.9 Å². The van der Waals surface area contributed by atoms with Gasteiger partial charge in [0.1, 0.15) is 0 Å². The van der Waals surface area contributed by atoms with Crippen LogP contribution in [0, 0.1) is 11.3 Å². The number of hydrogen-bond acceptors (Lipinski definition) is 3. The Morgan fingerprint density at radius 2 is 2.00 bits per heavy atom. The molecule has 0 atom stereocenters. The number of hydrogen-bond donors (Lipinski definition) is 2. The van der Waals surface area contributed by atoms with Crippen LogP contribution in [0.1, 0.15) is 0 Å². The lowest BCUT2D eigenvalue weighted by Crippen LogP contribution is -2.13. The van der Waals surface area contributed by atoms with Crippen LogP contribution in [-0.2, 0) is 0 Å². The summed E-state index contributed by atoms with van der Waals surface area (Å²) >= 11 is 0. The minimum Gasteiger partial charge on any atom is -0.307 e. The van der Waals surface area contributed by atoms with E-state index in [0.29, 0.717) is 0 Å². The maximum atomic E-state index is 8.16. The molecule has 0 saturated heterocycles. The zero-order valence-electron chi connectivity index (χ0n) is 6.49. The molecule has 0 aliphatic heterocycles. The highest BCUT2D eigenvalue weighted by Gasteiger charge is 1.82. The van der Waals surface area contributed by atoms with Crippen LogP contribution in [0.25, 0.3) is 0 Å². The third kappa shape index (κ3) is 2.76. The van der Waals surface area contributed by atoms with Crippen LogP contribution in [0.4, 0.5) is 5.69 Å². The molecule has 12 heavy (non-hydrogen) atoms. The molecule has 0 fully saturated rings. The minimum atomic E-state index is 0.958. The van der Waals surface area contributed by atoms with Crippen molar-refractivity contribution >= 4 is 5.69 Å². The lowest BCUT2D eigenvalue weighted by atomic mass is 10.3. The number of hydrazine groups is 1. The van der Waals surface area contributed by atoms with Crippen LogP contribution in [0.3, 0.4) is 0 Å². The molecular formula is C9H9N3. The maximum absolute atomic E-state index is 8.16. The summed E-state index contributed by atoms with van der Waals surface area (Å²) in [7, 11) is 0. The zero-order valence-corrected chi connectivity index (χ0v) is 6.49. The number of benzene rings is 1. The Bertz CT molecular complexity index is 284. The molecule has 0 heterocycles. The van der Waals surface area contributed by atoms with E-state index >= 15 is 0 Å². The largest absolute Gasteiger partial charge is 0.307 e. The van der Waals surface area contributed by atoms with Crippen molar-refractivity contribution in [3.63, 3.8) is 0 Å². The van der Waals surface area contributed by atoms with Crippen LogP contribution in [0.15, 0.2) is 42.6 Å². The van der Waals surface area contributed by atoms with Crippen molar-refractivity contribution in [3.05, 3.63) is 42.6 Å². The van der Waals surface area contributed by atoms with Crippen LogP contribution in [0.5, 0.6) is 0 Å². The van der Waals surface area contributed by atoms with Crippen molar-refractivity contribution in [3.8, 4) is 6.07 Å². The molecule has 0 aliphatic carbocycles. The van der Waals surface area contributed by atoms with Crippen molar-refractivity contribution in [2.75, 3.05) is 5.43 Å². The van der Waals surface area contributed by atoms with Gasteiger partial charge in [0.2, 0.25) is 0 Å². The van der Waals surface area contributed by atoms with Gasteiger partial charge in [0.05, 0.1) is 11.8 Å². The molecule has 60 valence electrons. The number of nitrogens with one attached hydrogen (secondary N) is 2. The van der Waals surface area contributed by atoms with Gasteiger partial charge in [-0.15, -0.1) is 0 Å². The summed E-state index contributed by atoms with van der Waals surface area (Å²) in [6, 6.07) is 11.5. The third-order valence-corrected chi connectivity index (χ3v) is 1.23. The molecule has 0 amide bonds. The second-order valence-electron chi connectivity index (χ2n) is 2.10. The van der Waals surface area contributed by atoms with E-state index < -0.39 is 0 Å². The number of allylic oxidation sites excluding steroid dienone is 1. The van der Waals surface area contributed by atoms with E-state index in [4.69, 9.17) is 5.26 Å². The van der Waals surface area contributed by atoms with Crippen LogP contribution in [-0.4, -0.2) is 0 Å².